The molecular weight excluding hydrogens is 378 g/mol. The number of piperazine rings is 1. The standard InChI is InChI=1S/C19H25N5O3S/c20-17(26)15-9-16(28-18(15)23-19(21)27)13-3-1-12(2-4-13)11-24-7-6-22-10-14(24)5-8-25/h1-4,9,14,22,25H,5-8,10-11H2,(H2,20,26)(H3,21,23,27). The van der Waals surface area contributed by atoms with Crippen molar-refractivity contribution in [3.8, 4) is 10.4 Å². The summed E-state index contributed by atoms with van der Waals surface area (Å²) in [6.45, 7) is 3.78. The smallest absolute Gasteiger partial charge is 0.317 e. The minimum atomic E-state index is -0.736. The minimum Gasteiger partial charge on any atom is -0.396 e. The summed E-state index contributed by atoms with van der Waals surface area (Å²) in [6.07, 6.45) is 0.756. The van der Waals surface area contributed by atoms with Crippen molar-refractivity contribution >= 4 is 28.3 Å². The Morgan fingerprint density at radius 1 is 1.29 bits per heavy atom. The molecule has 0 bridgehead atoms. The van der Waals surface area contributed by atoms with Gasteiger partial charge >= 0.3 is 6.03 Å². The molecule has 3 amide bonds. The number of hydrogen-bond acceptors (Lipinski definition) is 6. The minimum absolute atomic E-state index is 0.185. The first kappa shape index (κ1) is 20.3. The summed E-state index contributed by atoms with van der Waals surface area (Å²) in [5.74, 6) is -0.614. The van der Waals surface area contributed by atoms with Gasteiger partial charge in [-0.3, -0.25) is 15.0 Å². The van der Waals surface area contributed by atoms with E-state index in [1.54, 1.807) is 6.07 Å². The van der Waals surface area contributed by atoms with Crippen LogP contribution in [0.15, 0.2) is 30.3 Å². The summed E-state index contributed by atoms with van der Waals surface area (Å²) in [5.41, 5.74) is 12.9. The summed E-state index contributed by atoms with van der Waals surface area (Å²) >= 11 is 1.26. The van der Waals surface area contributed by atoms with E-state index in [1.807, 2.05) is 12.1 Å². The van der Waals surface area contributed by atoms with E-state index < -0.39 is 11.9 Å². The number of aliphatic hydroxyl groups is 1. The number of aliphatic hydroxyl groups excluding tert-OH is 1. The van der Waals surface area contributed by atoms with E-state index in [0.717, 1.165) is 43.0 Å². The molecule has 1 aromatic carbocycles. The number of urea groups is 1. The second-order valence-corrected chi connectivity index (χ2v) is 7.80. The maximum atomic E-state index is 11.6. The van der Waals surface area contributed by atoms with Crippen LogP contribution in [0, 0.1) is 0 Å². The average molecular weight is 404 g/mol. The quantitative estimate of drug-likeness (QED) is 0.473. The lowest BCUT2D eigenvalue weighted by Crippen LogP contribution is -2.51. The van der Waals surface area contributed by atoms with E-state index >= 15 is 0 Å². The van der Waals surface area contributed by atoms with Gasteiger partial charge in [0.25, 0.3) is 5.91 Å². The zero-order valence-electron chi connectivity index (χ0n) is 15.5. The number of amides is 3. The Morgan fingerprint density at radius 2 is 2.04 bits per heavy atom. The van der Waals surface area contributed by atoms with Gasteiger partial charge in [0.2, 0.25) is 0 Å². The molecule has 1 aromatic heterocycles. The molecule has 0 radical (unpaired) electrons. The normalized spacial score (nSPS) is 17.4. The van der Waals surface area contributed by atoms with Gasteiger partial charge in [-0.1, -0.05) is 24.3 Å². The first-order valence-corrected chi connectivity index (χ1v) is 9.94. The number of nitrogens with two attached hydrogens (primary N) is 2. The second kappa shape index (κ2) is 9.16. The highest BCUT2D eigenvalue weighted by Gasteiger charge is 2.21. The number of nitrogens with zero attached hydrogens (tertiary/aromatic N) is 1. The van der Waals surface area contributed by atoms with Crippen molar-refractivity contribution in [2.24, 2.45) is 11.5 Å². The number of anilines is 1. The lowest BCUT2D eigenvalue weighted by molar-refractivity contribution is 0.100. The Bertz CT molecular complexity index is 835. The zero-order valence-corrected chi connectivity index (χ0v) is 16.3. The Hall–Kier alpha value is -2.46. The van der Waals surface area contributed by atoms with E-state index in [4.69, 9.17) is 11.5 Å². The highest BCUT2D eigenvalue weighted by Crippen LogP contribution is 2.35. The first-order chi connectivity index (χ1) is 13.5. The first-order valence-electron chi connectivity index (χ1n) is 9.13. The molecule has 9 heteroatoms. The van der Waals surface area contributed by atoms with E-state index in [1.165, 1.54) is 16.9 Å². The average Bonchev–Trinajstić information content (AvgIpc) is 3.07. The van der Waals surface area contributed by atoms with Gasteiger partial charge in [-0.15, -0.1) is 11.3 Å². The van der Waals surface area contributed by atoms with E-state index in [9.17, 15) is 14.7 Å². The zero-order chi connectivity index (χ0) is 20.1. The maximum absolute atomic E-state index is 11.6. The number of rotatable bonds is 7. The van der Waals surface area contributed by atoms with Crippen LogP contribution in [0.2, 0.25) is 0 Å². The van der Waals surface area contributed by atoms with Crippen molar-refractivity contribution in [3.05, 3.63) is 41.5 Å². The molecule has 1 fully saturated rings. The number of nitrogens with one attached hydrogen (secondary N) is 2. The highest BCUT2D eigenvalue weighted by molar-refractivity contribution is 7.20. The Labute approximate surface area is 167 Å². The predicted octanol–water partition coefficient (Wildman–Crippen LogP) is 1.16. The molecule has 150 valence electrons. The molecule has 2 heterocycles. The SMILES string of the molecule is NC(=O)Nc1sc(-c2ccc(CN3CCNCC3CCO)cc2)cc1C(N)=O. The van der Waals surface area contributed by atoms with Gasteiger partial charge in [-0.2, -0.15) is 0 Å². The monoisotopic (exact) mass is 403 g/mol. The third-order valence-corrected chi connectivity index (χ3v) is 5.89. The number of hydrogen-bond donors (Lipinski definition) is 5. The largest absolute Gasteiger partial charge is 0.396 e. The van der Waals surface area contributed by atoms with Crippen molar-refractivity contribution in [2.75, 3.05) is 31.6 Å². The molecule has 7 N–H and O–H groups in total. The topological polar surface area (TPSA) is 134 Å². The van der Waals surface area contributed by atoms with Crippen LogP contribution in [0.1, 0.15) is 22.3 Å². The maximum Gasteiger partial charge on any atom is 0.317 e. The van der Waals surface area contributed by atoms with Crippen molar-refractivity contribution in [3.63, 3.8) is 0 Å². The molecule has 0 spiro atoms. The van der Waals surface area contributed by atoms with Gasteiger partial charge < -0.3 is 21.9 Å². The van der Waals surface area contributed by atoms with Gasteiger partial charge in [0.05, 0.1) is 5.56 Å². The van der Waals surface area contributed by atoms with Gasteiger partial charge in [-0.25, -0.2) is 4.79 Å². The van der Waals surface area contributed by atoms with Crippen LogP contribution in [0.25, 0.3) is 10.4 Å². The second-order valence-electron chi connectivity index (χ2n) is 6.74. The Kier molecular flexibility index (Phi) is 6.63. The Morgan fingerprint density at radius 3 is 2.68 bits per heavy atom. The molecule has 2 aromatic rings. The van der Waals surface area contributed by atoms with Crippen LogP contribution in [0.5, 0.6) is 0 Å². The third-order valence-electron chi connectivity index (χ3n) is 4.79. The summed E-state index contributed by atoms with van der Waals surface area (Å²) < 4.78 is 0. The molecule has 8 nitrogen and oxygen atoms in total. The van der Waals surface area contributed by atoms with Gasteiger partial charge in [0.15, 0.2) is 0 Å². The number of benzene rings is 1. The molecule has 1 atom stereocenters. The van der Waals surface area contributed by atoms with E-state index in [-0.39, 0.29) is 12.2 Å². The van der Waals surface area contributed by atoms with Crippen molar-refractivity contribution in [2.45, 2.75) is 19.0 Å². The summed E-state index contributed by atoms with van der Waals surface area (Å²) in [7, 11) is 0. The summed E-state index contributed by atoms with van der Waals surface area (Å²) in [6, 6.07) is 9.35. The number of carbonyl (C=O) groups is 2. The molecule has 1 saturated heterocycles. The molecular formula is C19H25N5O3S. The van der Waals surface area contributed by atoms with Crippen LogP contribution in [0.3, 0.4) is 0 Å². The molecule has 0 saturated carbocycles. The third kappa shape index (κ3) is 4.87. The van der Waals surface area contributed by atoms with Crippen LogP contribution in [0.4, 0.5) is 9.80 Å². The fourth-order valence-electron chi connectivity index (χ4n) is 3.37. The summed E-state index contributed by atoms with van der Waals surface area (Å²) in [4.78, 5) is 26.0. The van der Waals surface area contributed by atoms with Crippen molar-refractivity contribution in [1.82, 2.24) is 10.2 Å². The molecule has 1 aliphatic rings. The number of primary amides is 2. The highest BCUT2D eigenvalue weighted by atomic mass is 32.1. The van der Waals surface area contributed by atoms with E-state index in [2.05, 4.69) is 27.7 Å². The fraction of sp³-hybridized carbons (Fsp3) is 0.368. The lowest BCUT2D eigenvalue weighted by Gasteiger charge is -2.36. The fourth-order valence-corrected chi connectivity index (χ4v) is 4.45. The lowest BCUT2D eigenvalue weighted by atomic mass is 10.1. The van der Waals surface area contributed by atoms with Crippen LogP contribution in [-0.4, -0.2) is 54.2 Å². The van der Waals surface area contributed by atoms with Gasteiger partial charge in [-0.05, 0) is 23.6 Å². The molecule has 1 aliphatic heterocycles. The van der Waals surface area contributed by atoms with Crippen molar-refractivity contribution < 1.29 is 14.7 Å². The van der Waals surface area contributed by atoms with E-state index in [0.29, 0.717) is 11.0 Å². The molecule has 28 heavy (non-hydrogen) atoms. The summed E-state index contributed by atoms with van der Waals surface area (Å²) in [5, 5.41) is 15.4. The van der Waals surface area contributed by atoms with Gasteiger partial charge in [0.1, 0.15) is 5.00 Å². The molecule has 0 aliphatic carbocycles. The van der Waals surface area contributed by atoms with Crippen molar-refractivity contribution in [1.29, 1.82) is 0 Å². The Balaban J connectivity index is 1.75. The predicted molar refractivity (Wildman–Crippen MR) is 110 cm³/mol. The molecule has 3 rings (SSSR count). The van der Waals surface area contributed by atoms with Crippen LogP contribution >= 0.6 is 11.3 Å². The number of thiophene rings is 1. The number of carbonyl (C=O) groups excluding carboxylic acids is 2. The molecule has 1 unspecified atom stereocenters. The van der Waals surface area contributed by atoms with Crippen LogP contribution < -0.4 is 22.1 Å². The van der Waals surface area contributed by atoms with Crippen LogP contribution in [-0.2, 0) is 6.54 Å². The van der Waals surface area contributed by atoms with Gasteiger partial charge in [0, 0.05) is 43.7 Å².